The van der Waals surface area contributed by atoms with E-state index in [9.17, 15) is 4.79 Å². The molecular weight excluding hydrogens is 232 g/mol. The van der Waals surface area contributed by atoms with E-state index in [2.05, 4.69) is 21.9 Å². The van der Waals surface area contributed by atoms with Crippen LogP contribution in [0.25, 0.3) is 0 Å². The first-order valence-electron chi connectivity index (χ1n) is 6.04. The zero-order chi connectivity index (χ0) is 13.1. The number of carbonyl (C=O) groups is 1. The molecule has 0 radical (unpaired) electrons. The monoisotopic (exact) mass is 250 g/mol. The number of anilines is 1. The molecule has 18 heavy (non-hydrogen) atoms. The highest BCUT2D eigenvalue weighted by Gasteiger charge is 2.22. The van der Waals surface area contributed by atoms with Crippen molar-refractivity contribution in [2.45, 2.75) is 18.9 Å². The van der Waals surface area contributed by atoms with Gasteiger partial charge >= 0.3 is 5.97 Å². The lowest BCUT2D eigenvalue weighted by molar-refractivity contribution is 0.0690. The minimum atomic E-state index is -1.04. The van der Waals surface area contributed by atoms with Gasteiger partial charge in [0.15, 0.2) is 5.69 Å². The van der Waals surface area contributed by atoms with E-state index < -0.39 is 5.97 Å². The van der Waals surface area contributed by atoms with Gasteiger partial charge < -0.3 is 14.9 Å². The van der Waals surface area contributed by atoms with Crippen LogP contribution >= 0.6 is 0 Å². The van der Waals surface area contributed by atoms with Crippen LogP contribution in [0.3, 0.4) is 0 Å². The zero-order valence-corrected chi connectivity index (χ0v) is 10.7. The highest BCUT2D eigenvalue weighted by atomic mass is 16.4. The molecule has 6 heteroatoms. The van der Waals surface area contributed by atoms with Crippen LogP contribution in [0.5, 0.6) is 0 Å². The summed E-state index contributed by atoms with van der Waals surface area (Å²) in [7, 11) is 4.06. The van der Waals surface area contributed by atoms with Gasteiger partial charge in [0, 0.05) is 13.1 Å². The number of carboxylic acid groups (broad SMARTS) is 1. The average Bonchev–Trinajstić information content (AvgIpc) is 2.39. The fourth-order valence-electron chi connectivity index (χ4n) is 2.20. The molecule has 1 fully saturated rings. The molecule has 0 aromatic carbocycles. The van der Waals surface area contributed by atoms with E-state index in [1.54, 1.807) is 6.20 Å². The van der Waals surface area contributed by atoms with Gasteiger partial charge in [0.25, 0.3) is 0 Å². The first-order chi connectivity index (χ1) is 8.58. The second-order valence-corrected chi connectivity index (χ2v) is 4.71. The molecule has 2 rings (SSSR count). The summed E-state index contributed by atoms with van der Waals surface area (Å²) in [4.78, 5) is 23.3. The maximum absolute atomic E-state index is 10.9. The third-order valence-corrected chi connectivity index (χ3v) is 3.44. The Labute approximate surface area is 106 Å². The second-order valence-electron chi connectivity index (χ2n) is 4.71. The Morgan fingerprint density at radius 1 is 1.44 bits per heavy atom. The predicted molar refractivity (Wildman–Crippen MR) is 67.9 cm³/mol. The number of nitrogens with zero attached hydrogens (tertiary/aromatic N) is 4. The van der Waals surface area contributed by atoms with Crippen LogP contribution in [-0.4, -0.2) is 59.2 Å². The molecule has 1 N–H and O–H groups in total. The third-order valence-electron chi connectivity index (χ3n) is 3.44. The molecule has 0 saturated carbocycles. The molecule has 0 atom stereocenters. The predicted octanol–water partition coefficient (Wildman–Crippen LogP) is 0.705. The van der Waals surface area contributed by atoms with E-state index in [0.29, 0.717) is 11.9 Å². The lowest BCUT2D eigenvalue weighted by Gasteiger charge is -2.35. The van der Waals surface area contributed by atoms with Crippen molar-refractivity contribution in [2.75, 3.05) is 32.1 Å². The molecule has 98 valence electrons. The first kappa shape index (κ1) is 12.8. The van der Waals surface area contributed by atoms with Crippen LogP contribution in [0.15, 0.2) is 12.4 Å². The fraction of sp³-hybridized carbons (Fsp3) is 0.583. The van der Waals surface area contributed by atoms with Crippen molar-refractivity contribution in [3.8, 4) is 0 Å². The smallest absolute Gasteiger partial charge is 0.356 e. The summed E-state index contributed by atoms with van der Waals surface area (Å²) in [5.41, 5.74) is -0.00715. The molecule has 0 aliphatic carbocycles. The van der Waals surface area contributed by atoms with Crippen molar-refractivity contribution in [2.24, 2.45) is 0 Å². The second kappa shape index (κ2) is 5.30. The molecule has 1 aromatic rings. The molecule has 1 aliphatic rings. The molecule has 1 aromatic heterocycles. The van der Waals surface area contributed by atoms with Gasteiger partial charge in [-0.3, -0.25) is 4.98 Å². The number of hydrogen-bond donors (Lipinski definition) is 1. The fourth-order valence-corrected chi connectivity index (χ4v) is 2.20. The highest BCUT2D eigenvalue weighted by molar-refractivity contribution is 5.85. The van der Waals surface area contributed by atoms with Gasteiger partial charge in [-0.1, -0.05) is 0 Å². The molecule has 0 amide bonds. The molecule has 2 heterocycles. The van der Waals surface area contributed by atoms with Crippen molar-refractivity contribution in [3.05, 3.63) is 18.1 Å². The minimum Gasteiger partial charge on any atom is -0.476 e. The molecule has 0 spiro atoms. The van der Waals surface area contributed by atoms with Gasteiger partial charge in [0.05, 0.1) is 12.4 Å². The van der Waals surface area contributed by atoms with Crippen molar-refractivity contribution in [1.82, 2.24) is 14.9 Å². The van der Waals surface area contributed by atoms with E-state index in [0.717, 1.165) is 25.9 Å². The SMILES string of the molecule is CN1CCC(N(C)c2cncc(C(=O)O)n2)CC1. The zero-order valence-electron chi connectivity index (χ0n) is 10.7. The molecule has 6 nitrogen and oxygen atoms in total. The van der Waals surface area contributed by atoms with Crippen LogP contribution in [0.1, 0.15) is 23.3 Å². The van der Waals surface area contributed by atoms with Crippen molar-refractivity contribution >= 4 is 11.8 Å². The maximum atomic E-state index is 10.9. The summed E-state index contributed by atoms with van der Waals surface area (Å²) in [6.07, 6.45) is 5.01. The summed E-state index contributed by atoms with van der Waals surface area (Å²) in [6, 6.07) is 0.402. The van der Waals surface area contributed by atoms with Crippen LogP contribution in [-0.2, 0) is 0 Å². The molecule has 1 saturated heterocycles. The van der Waals surface area contributed by atoms with Gasteiger partial charge in [-0.15, -0.1) is 0 Å². The number of aromatic nitrogens is 2. The Kier molecular flexibility index (Phi) is 3.76. The van der Waals surface area contributed by atoms with Crippen LogP contribution in [0.4, 0.5) is 5.82 Å². The standard InChI is InChI=1S/C12H18N4O2/c1-15-5-3-9(4-6-15)16(2)11-8-13-7-10(14-11)12(17)18/h7-9H,3-6H2,1-2H3,(H,17,18). The van der Waals surface area contributed by atoms with Gasteiger partial charge in [-0.25, -0.2) is 9.78 Å². The number of likely N-dealkylation sites (tertiary alicyclic amines) is 1. The average molecular weight is 250 g/mol. The van der Waals surface area contributed by atoms with E-state index in [4.69, 9.17) is 5.11 Å². The quantitative estimate of drug-likeness (QED) is 0.852. The highest BCUT2D eigenvalue weighted by Crippen LogP contribution is 2.19. The van der Waals surface area contributed by atoms with Gasteiger partial charge in [-0.05, 0) is 33.0 Å². The number of rotatable bonds is 3. The Hall–Kier alpha value is -1.69. The number of piperidine rings is 1. The minimum absolute atomic E-state index is 0.00715. The summed E-state index contributed by atoms with van der Waals surface area (Å²) in [5, 5.41) is 8.91. The Morgan fingerprint density at radius 3 is 2.72 bits per heavy atom. The first-order valence-corrected chi connectivity index (χ1v) is 6.04. The number of aromatic carboxylic acids is 1. The third kappa shape index (κ3) is 2.76. The number of carboxylic acids is 1. The van der Waals surface area contributed by atoms with E-state index >= 15 is 0 Å². The van der Waals surface area contributed by atoms with Crippen LogP contribution in [0.2, 0.25) is 0 Å². The van der Waals surface area contributed by atoms with E-state index in [-0.39, 0.29) is 5.69 Å². The Bertz CT molecular complexity index is 430. The van der Waals surface area contributed by atoms with Gasteiger partial charge in [0.2, 0.25) is 0 Å². The number of hydrogen-bond acceptors (Lipinski definition) is 5. The van der Waals surface area contributed by atoms with Crippen molar-refractivity contribution < 1.29 is 9.90 Å². The largest absolute Gasteiger partial charge is 0.476 e. The summed E-state index contributed by atoms with van der Waals surface area (Å²) in [5.74, 6) is -0.411. The molecule has 0 unspecified atom stereocenters. The van der Waals surface area contributed by atoms with Gasteiger partial charge in [-0.2, -0.15) is 0 Å². The Morgan fingerprint density at radius 2 is 2.11 bits per heavy atom. The molecular formula is C12H18N4O2. The van der Waals surface area contributed by atoms with Crippen molar-refractivity contribution in [3.63, 3.8) is 0 Å². The van der Waals surface area contributed by atoms with E-state index in [1.165, 1.54) is 6.20 Å². The molecule has 1 aliphatic heterocycles. The summed E-state index contributed by atoms with van der Waals surface area (Å²) < 4.78 is 0. The normalized spacial score (nSPS) is 17.7. The van der Waals surface area contributed by atoms with Crippen molar-refractivity contribution in [1.29, 1.82) is 0 Å². The van der Waals surface area contributed by atoms with Crippen LogP contribution in [0, 0.1) is 0 Å². The topological polar surface area (TPSA) is 69.6 Å². The summed E-state index contributed by atoms with van der Waals surface area (Å²) in [6.45, 7) is 2.11. The lowest BCUT2D eigenvalue weighted by Crippen LogP contribution is -2.42. The van der Waals surface area contributed by atoms with Gasteiger partial charge in [0.1, 0.15) is 5.82 Å². The lowest BCUT2D eigenvalue weighted by atomic mass is 10.0. The maximum Gasteiger partial charge on any atom is 0.356 e. The molecule has 0 bridgehead atoms. The van der Waals surface area contributed by atoms with E-state index in [1.807, 2.05) is 11.9 Å². The Balaban J connectivity index is 2.10. The summed E-state index contributed by atoms with van der Waals surface area (Å²) >= 11 is 0. The van der Waals surface area contributed by atoms with Crippen LogP contribution < -0.4 is 4.90 Å².